The maximum Gasteiger partial charge on any atom is 0.190 e. The molecule has 0 amide bonds. The van der Waals surface area contributed by atoms with Gasteiger partial charge in [0.15, 0.2) is 11.6 Å². The Morgan fingerprint density at radius 3 is 2.56 bits per heavy atom. The second kappa shape index (κ2) is 7.09. The Labute approximate surface area is 161 Å². The third-order valence-corrected chi connectivity index (χ3v) is 8.47. The van der Waals surface area contributed by atoms with E-state index in [0.29, 0.717) is 19.3 Å². The number of fused-ring (bicyclic) bond motifs is 3. The summed E-state index contributed by atoms with van der Waals surface area (Å²) in [6.07, 6.45) is 6.41. The van der Waals surface area contributed by atoms with Crippen LogP contribution in [0.25, 0.3) is 0 Å². The van der Waals surface area contributed by atoms with Crippen molar-refractivity contribution in [3.63, 3.8) is 0 Å². The predicted octanol–water partition coefficient (Wildman–Crippen LogP) is 2.42. The van der Waals surface area contributed by atoms with Crippen LogP contribution in [0.5, 0.6) is 0 Å². The Hall–Kier alpha value is -1.04. The van der Waals surface area contributed by atoms with E-state index < -0.39 is 29.5 Å². The molecular weight excluding hydrogens is 344 g/mol. The molecule has 0 spiro atoms. The van der Waals surface area contributed by atoms with Crippen molar-refractivity contribution in [2.24, 2.45) is 28.6 Å². The molecule has 3 saturated carbocycles. The zero-order valence-corrected chi connectivity index (χ0v) is 16.6. The summed E-state index contributed by atoms with van der Waals surface area (Å²) < 4.78 is 0. The molecule has 3 N–H and O–H groups in total. The molecule has 3 rings (SSSR count). The lowest BCUT2D eigenvalue weighted by molar-refractivity contribution is -0.187. The van der Waals surface area contributed by atoms with E-state index >= 15 is 0 Å². The highest BCUT2D eigenvalue weighted by Crippen LogP contribution is 2.66. The first kappa shape index (κ1) is 20.7. The molecule has 0 aliphatic heterocycles. The fourth-order valence-electron chi connectivity index (χ4n) is 7.04. The molecule has 0 bridgehead atoms. The van der Waals surface area contributed by atoms with Gasteiger partial charge in [0.1, 0.15) is 12.2 Å². The molecule has 3 aliphatic rings. The van der Waals surface area contributed by atoms with Crippen LogP contribution in [0, 0.1) is 28.6 Å². The Kier molecular flexibility index (Phi) is 5.43. The van der Waals surface area contributed by atoms with Gasteiger partial charge in [0.25, 0.3) is 0 Å². The molecule has 0 heterocycles. The summed E-state index contributed by atoms with van der Waals surface area (Å²) in [5, 5.41) is 31.7. The van der Waals surface area contributed by atoms with Gasteiger partial charge in [-0.05, 0) is 67.8 Å². The topological polar surface area (TPSA) is 94.8 Å². The Morgan fingerprint density at radius 1 is 1.22 bits per heavy atom. The Morgan fingerprint density at radius 2 is 1.93 bits per heavy atom. The van der Waals surface area contributed by atoms with Crippen molar-refractivity contribution in [3.8, 4) is 0 Å². The lowest BCUT2D eigenvalue weighted by Crippen LogP contribution is -2.61. The third kappa shape index (κ3) is 3.02. The van der Waals surface area contributed by atoms with E-state index in [1.807, 2.05) is 6.92 Å². The van der Waals surface area contributed by atoms with Crippen LogP contribution in [0.2, 0.25) is 0 Å². The summed E-state index contributed by atoms with van der Waals surface area (Å²) >= 11 is 0. The molecule has 3 aliphatic carbocycles. The van der Waals surface area contributed by atoms with Crippen LogP contribution in [0.4, 0.5) is 0 Å². The monoisotopic (exact) mass is 378 g/mol. The summed E-state index contributed by atoms with van der Waals surface area (Å²) in [6, 6.07) is 0. The highest BCUT2D eigenvalue weighted by Gasteiger charge is 2.67. The van der Waals surface area contributed by atoms with E-state index in [9.17, 15) is 24.9 Å². The number of ketones is 2. The molecule has 152 valence electrons. The van der Waals surface area contributed by atoms with Crippen molar-refractivity contribution < 1.29 is 24.9 Å². The van der Waals surface area contributed by atoms with Gasteiger partial charge < -0.3 is 15.3 Å². The first-order valence-electron chi connectivity index (χ1n) is 10.3. The van der Waals surface area contributed by atoms with E-state index in [1.54, 1.807) is 0 Å². The Bertz CT molecular complexity index is 630. The fourth-order valence-corrected chi connectivity index (χ4v) is 7.04. The summed E-state index contributed by atoms with van der Waals surface area (Å²) in [7, 11) is 0. The van der Waals surface area contributed by atoms with Crippen molar-refractivity contribution in [2.75, 3.05) is 6.61 Å². The lowest BCUT2D eigenvalue weighted by Gasteiger charge is -2.59. The minimum absolute atomic E-state index is 0.0391. The zero-order chi connectivity index (χ0) is 20.0. The number of Topliss-reactive ketones (excluding diaryl/α,β-unsaturated/α-hetero) is 1. The molecule has 0 aromatic carbocycles. The standard InChI is InChI=1S/C22H34O5/c1-4-14(24)7-10-20(2)9-5-6-15-16-8-11-22(27,18(26)13-23)21(16,3)12-17(25)19(15)20/h4,15-17,19,23,25,27H,1,5-13H2,2-3H3/t15-,16-,17-,19+,20+,21-,22-/m0/s1. The van der Waals surface area contributed by atoms with Crippen molar-refractivity contribution in [1.29, 1.82) is 0 Å². The number of hydrogen-bond donors (Lipinski definition) is 3. The van der Waals surface area contributed by atoms with Gasteiger partial charge in [-0.3, -0.25) is 9.59 Å². The largest absolute Gasteiger partial charge is 0.393 e. The number of rotatable bonds is 6. The molecule has 5 nitrogen and oxygen atoms in total. The first-order valence-corrected chi connectivity index (χ1v) is 10.3. The summed E-state index contributed by atoms with van der Waals surface area (Å²) in [5.41, 5.74) is -2.38. The fraction of sp³-hybridized carbons (Fsp3) is 0.818. The van der Waals surface area contributed by atoms with Crippen LogP contribution in [0.1, 0.15) is 65.2 Å². The van der Waals surface area contributed by atoms with Crippen molar-refractivity contribution in [2.45, 2.75) is 76.9 Å². The molecular formula is C22H34O5. The second-order valence-corrected chi connectivity index (χ2v) is 9.68. The van der Waals surface area contributed by atoms with Gasteiger partial charge in [-0.25, -0.2) is 0 Å². The molecule has 0 unspecified atom stereocenters. The molecule has 5 heteroatoms. The second-order valence-electron chi connectivity index (χ2n) is 9.68. The van der Waals surface area contributed by atoms with E-state index in [4.69, 9.17) is 0 Å². The maximum atomic E-state index is 12.4. The van der Waals surface area contributed by atoms with E-state index in [1.165, 1.54) is 6.08 Å². The van der Waals surface area contributed by atoms with Crippen LogP contribution >= 0.6 is 0 Å². The minimum atomic E-state index is -1.55. The normalized spacial score (nSPS) is 46.4. The van der Waals surface area contributed by atoms with Gasteiger partial charge in [0.2, 0.25) is 0 Å². The zero-order valence-electron chi connectivity index (χ0n) is 16.6. The molecule has 0 aromatic rings. The van der Waals surface area contributed by atoms with Crippen molar-refractivity contribution in [3.05, 3.63) is 12.7 Å². The average molecular weight is 379 g/mol. The van der Waals surface area contributed by atoms with Crippen molar-refractivity contribution >= 4 is 11.6 Å². The number of aliphatic hydroxyl groups is 3. The lowest BCUT2D eigenvalue weighted by atomic mass is 9.47. The van der Waals surface area contributed by atoms with Gasteiger partial charge in [0.05, 0.1) is 6.10 Å². The number of carbonyl (C=O) groups excluding carboxylic acids is 2. The minimum Gasteiger partial charge on any atom is -0.393 e. The number of carbonyl (C=O) groups is 2. The van der Waals surface area contributed by atoms with Crippen LogP contribution in [-0.4, -0.2) is 45.2 Å². The number of aliphatic hydroxyl groups excluding tert-OH is 2. The van der Waals surface area contributed by atoms with Crippen LogP contribution < -0.4 is 0 Å². The highest BCUT2D eigenvalue weighted by molar-refractivity contribution is 5.89. The van der Waals surface area contributed by atoms with E-state index in [2.05, 4.69) is 13.5 Å². The van der Waals surface area contributed by atoms with Crippen LogP contribution in [-0.2, 0) is 9.59 Å². The highest BCUT2D eigenvalue weighted by atomic mass is 16.3. The quantitative estimate of drug-likeness (QED) is 0.617. The Balaban J connectivity index is 1.90. The van der Waals surface area contributed by atoms with E-state index in [-0.39, 0.29) is 29.0 Å². The van der Waals surface area contributed by atoms with Gasteiger partial charge in [-0.1, -0.05) is 26.8 Å². The predicted molar refractivity (Wildman–Crippen MR) is 102 cm³/mol. The molecule has 7 atom stereocenters. The van der Waals surface area contributed by atoms with Crippen LogP contribution in [0.3, 0.4) is 0 Å². The summed E-state index contributed by atoms with van der Waals surface area (Å²) in [5.74, 6) is -0.0166. The summed E-state index contributed by atoms with van der Waals surface area (Å²) in [6.45, 7) is 7.00. The van der Waals surface area contributed by atoms with Crippen LogP contribution in [0.15, 0.2) is 12.7 Å². The number of allylic oxidation sites excluding steroid dienone is 1. The molecule has 3 fully saturated rings. The van der Waals surface area contributed by atoms with Gasteiger partial charge in [-0.15, -0.1) is 0 Å². The molecule has 27 heavy (non-hydrogen) atoms. The smallest absolute Gasteiger partial charge is 0.190 e. The van der Waals surface area contributed by atoms with Gasteiger partial charge in [0, 0.05) is 11.8 Å². The third-order valence-electron chi connectivity index (χ3n) is 8.47. The number of hydrogen-bond acceptors (Lipinski definition) is 5. The molecule has 0 aromatic heterocycles. The van der Waals surface area contributed by atoms with Gasteiger partial charge >= 0.3 is 0 Å². The molecule has 0 saturated heterocycles. The van der Waals surface area contributed by atoms with Crippen molar-refractivity contribution in [1.82, 2.24) is 0 Å². The van der Waals surface area contributed by atoms with Gasteiger partial charge in [-0.2, -0.15) is 0 Å². The summed E-state index contributed by atoms with van der Waals surface area (Å²) in [4.78, 5) is 24.2. The van der Waals surface area contributed by atoms with E-state index in [0.717, 1.165) is 32.1 Å². The molecule has 0 radical (unpaired) electrons. The average Bonchev–Trinajstić information content (AvgIpc) is 2.91. The maximum absolute atomic E-state index is 12.4. The first-order chi connectivity index (χ1) is 12.6. The SMILES string of the molecule is C=CC(=O)CC[C@@]1(C)CCC[C@@H]2[C@@H]1[C@@H](O)C[C@@]1(C)[C@H]2CC[C@]1(O)C(=O)CO.